The van der Waals surface area contributed by atoms with E-state index in [-0.39, 0.29) is 13.0 Å². The summed E-state index contributed by atoms with van der Waals surface area (Å²) >= 11 is 2.05. The number of aliphatic hydroxyl groups excluding tert-OH is 1. The molecule has 3 atom stereocenters. The molecule has 2 aromatic heterocycles. The van der Waals surface area contributed by atoms with Crippen LogP contribution in [0.1, 0.15) is 12.6 Å². The lowest BCUT2D eigenvalue weighted by molar-refractivity contribution is -0.0351. The SMILES string of the molecule is OC[C@@H]1C[C@H](F)[C@H](n2cnc3c(I)ncnc32)O1. The van der Waals surface area contributed by atoms with Gasteiger partial charge >= 0.3 is 0 Å². The molecule has 3 rings (SSSR count). The van der Waals surface area contributed by atoms with Gasteiger partial charge in [-0.15, -0.1) is 0 Å². The fourth-order valence-corrected chi connectivity index (χ4v) is 2.58. The van der Waals surface area contributed by atoms with E-state index in [4.69, 9.17) is 9.84 Å². The number of rotatable bonds is 2. The number of hydrogen-bond donors (Lipinski definition) is 1. The molecule has 6 nitrogen and oxygen atoms in total. The van der Waals surface area contributed by atoms with Gasteiger partial charge in [-0.05, 0) is 22.6 Å². The molecule has 0 aromatic carbocycles. The highest BCUT2D eigenvalue weighted by molar-refractivity contribution is 14.1. The van der Waals surface area contributed by atoms with Crippen LogP contribution in [0, 0.1) is 3.70 Å². The van der Waals surface area contributed by atoms with E-state index >= 15 is 0 Å². The van der Waals surface area contributed by atoms with Crippen molar-refractivity contribution >= 4 is 33.8 Å². The summed E-state index contributed by atoms with van der Waals surface area (Å²) in [5.41, 5.74) is 1.17. The first-order valence-electron chi connectivity index (χ1n) is 5.44. The van der Waals surface area contributed by atoms with E-state index in [9.17, 15) is 4.39 Å². The van der Waals surface area contributed by atoms with Gasteiger partial charge in [0.05, 0.1) is 19.0 Å². The maximum absolute atomic E-state index is 13.9. The van der Waals surface area contributed by atoms with Crippen molar-refractivity contribution < 1.29 is 14.2 Å². The van der Waals surface area contributed by atoms with Crippen molar-refractivity contribution in [1.29, 1.82) is 0 Å². The zero-order chi connectivity index (χ0) is 12.7. The zero-order valence-electron chi connectivity index (χ0n) is 9.20. The Morgan fingerprint density at radius 2 is 2.33 bits per heavy atom. The highest BCUT2D eigenvalue weighted by Gasteiger charge is 2.37. The molecule has 3 heterocycles. The summed E-state index contributed by atoms with van der Waals surface area (Å²) in [6.07, 6.45) is 0.670. The lowest BCUT2D eigenvalue weighted by atomic mass is 10.2. The van der Waals surface area contributed by atoms with Gasteiger partial charge in [-0.1, -0.05) is 0 Å². The minimum absolute atomic E-state index is 0.184. The van der Waals surface area contributed by atoms with Crippen LogP contribution in [0.25, 0.3) is 11.2 Å². The fourth-order valence-electron chi connectivity index (χ4n) is 2.07. The highest BCUT2D eigenvalue weighted by Crippen LogP contribution is 2.33. The predicted octanol–water partition coefficient (Wildman–Crippen LogP) is 1.05. The van der Waals surface area contributed by atoms with Gasteiger partial charge in [0.2, 0.25) is 0 Å². The molecular weight excluding hydrogens is 354 g/mol. The Morgan fingerprint density at radius 1 is 1.50 bits per heavy atom. The summed E-state index contributed by atoms with van der Waals surface area (Å²) in [6.45, 7) is -0.184. The molecule has 1 fully saturated rings. The zero-order valence-corrected chi connectivity index (χ0v) is 11.4. The van der Waals surface area contributed by atoms with Crippen molar-refractivity contribution in [2.75, 3.05) is 6.61 Å². The summed E-state index contributed by atoms with van der Waals surface area (Å²) in [6, 6.07) is 0. The Labute approximate surface area is 115 Å². The second-order valence-electron chi connectivity index (χ2n) is 4.07. The van der Waals surface area contributed by atoms with Gasteiger partial charge in [0, 0.05) is 6.42 Å². The molecule has 1 saturated heterocycles. The van der Waals surface area contributed by atoms with Crippen molar-refractivity contribution in [2.24, 2.45) is 0 Å². The molecule has 0 spiro atoms. The van der Waals surface area contributed by atoms with Crippen molar-refractivity contribution in [3.05, 3.63) is 16.4 Å². The van der Waals surface area contributed by atoms with Crippen LogP contribution in [0.5, 0.6) is 0 Å². The van der Waals surface area contributed by atoms with Crippen molar-refractivity contribution in [2.45, 2.75) is 24.9 Å². The molecule has 0 radical (unpaired) electrons. The average Bonchev–Trinajstić information content (AvgIpc) is 2.93. The molecule has 18 heavy (non-hydrogen) atoms. The molecule has 0 unspecified atom stereocenters. The van der Waals surface area contributed by atoms with E-state index in [1.54, 1.807) is 4.57 Å². The molecule has 1 aliphatic heterocycles. The molecule has 0 bridgehead atoms. The molecule has 96 valence electrons. The second-order valence-corrected chi connectivity index (χ2v) is 5.09. The highest BCUT2D eigenvalue weighted by atomic mass is 127. The molecule has 2 aromatic rings. The van der Waals surface area contributed by atoms with Crippen LogP contribution in [0.15, 0.2) is 12.7 Å². The number of ether oxygens (including phenoxy) is 1. The van der Waals surface area contributed by atoms with Crippen LogP contribution in [-0.2, 0) is 4.74 Å². The van der Waals surface area contributed by atoms with Crippen LogP contribution >= 0.6 is 22.6 Å². The normalized spacial score (nSPS) is 28.1. The summed E-state index contributed by atoms with van der Waals surface area (Å²) in [5.74, 6) is 0. The van der Waals surface area contributed by atoms with E-state index in [1.807, 2.05) is 22.6 Å². The van der Waals surface area contributed by atoms with Crippen molar-refractivity contribution in [3.63, 3.8) is 0 Å². The molecule has 0 aliphatic carbocycles. The van der Waals surface area contributed by atoms with Crippen LogP contribution < -0.4 is 0 Å². The Kier molecular flexibility index (Phi) is 3.16. The largest absolute Gasteiger partial charge is 0.394 e. The summed E-state index contributed by atoms with van der Waals surface area (Å²) < 4.78 is 21.6. The van der Waals surface area contributed by atoms with E-state index in [0.29, 0.717) is 14.9 Å². The van der Waals surface area contributed by atoms with Crippen LogP contribution in [0.2, 0.25) is 0 Å². The Morgan fingerprint density at radius 3 is 3.06 bits per heavy atom. The van der Waals surface area contributed by atoms with Gasteiger partial charge < -0.3 is 9.84 Å². The predicted molar refractivity (Wildman–Crippen MR) is 68.5 cm³/mol. The number of aliphatic hydroxyl groups is 1. The standard InChI is InChI=1S/C10H10FIN4O2/c11-6-1-5(2-17)18-10(6)16-4-15-7-8(12)13-3-14-9(7)16/h3-6,10,17H,1-2H2/t5-,6-,10+/m0/s1. The van der Waals surface area contributed by atoms with Gasteiger partial charge in [-0.25, -0.2) is 19.3 Å². The van der Waals surface area contributed by atoms with E-state index < -0.39 is 18.5 Å². The Balaban J connectivity index is 2.02. The molecular formula is C10H10FIN4O2. The lowest BCUT2D eigenvalue weighted by Crippen LogP contribution is -2.16. The summed E-state index contributed by atoms with van der Waals surface area (Å²) in [4.78, 5) is 12.3. The van der Waals surface area contributed by atoms with E-state index in [0.717, 1.165) is 0 Å². The van der Waals surface area contributed by atoms with Gasteiger partial charge in [-0.2, -0.15) is 0 Å². The van der Waals surface area contributed by atoms with Gasteiger partial charge in [0.1, 0.15) is 21.7 Å². The summed E-state index contributed by atoms with van der Waals surface area (Å²) in [7, 11) is 0. The van der Waals surface area contributed by atoms with Gasteiger partial charge in [0.15, 0.2) is 11.9 Å². The number of aromatic nitrogens is 4. The van der Waals surface area contributed by atoms with Crippen LogP contribution in [-0.4, -0.2) is 43.5 Å². The van der Waals surface area contributed by atoms with Crippen molar-refractivity contribution in [1.82, 2.24) is 19.5 Å². The fraction of sp³-hybridized carbons (Fsp3) is 0.500. The molecule has 0 saturated carbocycles. The molecule has 8 heteroatoms. The monoisotopic (exact) mass is 364 g/mol. The first-order valence-corrected chi connectivity index (χ1v) is 6.52. The molecule has 1 N–H and O–H groups in total. The number of hydrogen-bond acceptors (Lipinski definition) is 5. The third-order valence-electron chi connectivity index (χ3n) is 2.92. The van der Waals surface area contributed by atoms with Gasteiger partial charge in [-0.3, -0.25) is 4.57 Å². The number of imidazole rings is 1. The Hall–Kier alpha value is -0.870. The molecule has 0 amide bonds. The summed E-state index contributed by atoms with van der Waals surface area (Å²) in [5, 5.41) is 9.01. The van der Waals surface area contributed by atoms with Crippen LogP contribution in [0.3, 0.4) is 0 Å². The quantitative estimate of drug-likeness (QED) is 0.637. The average molecular weight is 364 g/mol. The third kappa shape index (κ3) is 1.88. The maximum Gasteiger partial charge on any atom is 0.168 e. The van der Waals surface area contributed by atoms with E-state index in [1.165, 1.54) is 12.7 Å². The topological polar surface area (TPSA) is 73.1 Å². The second kappa shape index (κ2) is 4.67. The number of halogens is 2. The number of fused-ring (bicyclic) bond motifs is 1. The Bertz CT molecular complexity index is 578. The van der Waals surface area contributed by atoms with Crippen LogP contribution in [0.4, 0.5) is 4.39 Å². The number of alkyl halides is 1. The van der Waals surface area contributed by atoms with Crippen molar-refractivity contribution in [3.8, 4) is 0 Å². The smallest absolute Gasteiger partial charge is 0.168 e. The minimum Gasteiger partial charge on any atom is -0.394 e. The minimum atomic E-state index is -1.17. The lowest BCUT2D eigenvalue weighted by Gasteiger charge is -2.15. The van der Waals surface area contributed by atoms with Gasteiger partial charge in [0.25, 0.3) is 0 Å². The molecule has 1 aliphatic rings. The first kappa shape index (κ1) is 12.2. The first-order chi connectivity index (χ1) is 8.70. The number of nitrogens with zero attached hydrogens (tertiary/aromatic N) is 4. The van der Waals surface area contributed by atoms with E-state index in [2.05, 4.69) is 15.0 Å². The maximum atomic E-state index is 13.9. The third-order valence-corrected chi connectivity index (χ3v) is 3.71.